The zero-order valence-corrected chi connectivity index (χ0v) is 17.6. The van der Waals surface area contributed by atoms with E-state index in [4.69, 9.17) is 15.2 Å². The van der Waals surface area contributed by atoms with Crippen LogP contribution in [0.2, 0.25) is 0 Å². The van der Waals surface area contributed by atoms with E-state index in [9.17, 15) is 5.11 Å². The highest BCUT2D eigenvalue weighted by molar-refractivity contribution is 7.99. The Balaban J connectivity index is 1.58. The normalized spacial score (nSPS) is 24.1. The number of H-pyrrole nitrogens is 1. The Labute approximate surface area is 180 Å². The number of aliphatic hydroxyl groups excluding tert-OH is 1. The van der Waals surface area contributed by atoms with Gasteiger partial charge in [-0.05, 0) is 16.7 Å². The largest absolute Gasteiger partial charge is 0.392 e. The van der Waals surface area contributed by atoms with Crippen LogP contribution >= 0.6 is 11.8 Å². The third-order valence-corrected chi connectivity index (χ3v) is 6.35. The highest BCUT2D eigenvalue weighted by atomic mass is 32.2. The fraction of sp³-hybridized carbons (Fsp3) is 0.364. The van der Waals surface area contributed by atoms with Crippen LogP contribution in [0.1, 0.15) is 41.6 Å². The van der Waals surface area contributed by atoms with Crippen molar-refractivity contribution in [3.8, 4) is 0 Å². The SMILES string of the molecule is C[C@H]1[C@@H](CSc2ncn[nH]2)OC(c2ccc(CN)cc2)O[C@H]1c1ccc(CO)cc1. The molecule has 1 aliphatic rings. The van der Waals surface area contributed by atoms with E-state index in [1.165, 1.54) is 6.33 Å². The number of hydrogen-bond acceptors (Lipinski definition) is 7. The first kappa shape index (κ1) is 21.0. The predicted molar refractivity (Wildman–Crippen MR) is 114 cm³/mol. The molecule has 1 aliphatic heterocycles. The maximum absolute atomic E-state index is 9.35. The molecule has 0 spiro atoms. The van der Waals surface area contributed by atoms with E-state index in [2.05, 4.69) is 22.1 Å². The van der Waals surface area contributed by atoms with E-state index in [-0.39, 0.29) is 24.7 Å². The molecule has 30 heavy (non-hydrogen) atoms. The van der Waals surface area contributed by atoms with Gasteiger partial charge in [0.15, 0.2) is 11.4 Å². The van der Waals surface area contributed by atoms with Crippen molar-refractivity contribution in [1.29, 1.82) is 0 Å². The molecule has 0 aliphatic carbocycles. The number of aliphatic hydroxyl groups is 1. The summed E-state index contributed by atoms with van der Waals surface area (Å²) in [4.78, 5) is 4.19. The van der Waals surface area contributed by atoms with Crippen molar-refractivity contribution in [2.75, 3.05) is 5.75 Å². The van der Waals surface area contributed by atoms with Crippen LogP contribution in [0.4, 0.5) is 0 Å². The summed E-state index contributed by atoms with van der Waals surface area (Å²) < 4.78 is 12.8. The molecule has 3 aromatic rings. The first-order valence-electron chi connectivity index (χ1n) is 9.95. The van der Waals surface area contributed by atoms with Gasteiger partial charge in [0.05, 0.1) is 18.8 Å². The molecule has 1 aromatic heterocycles. The van der Waals surface area contributed by atoms with Gasteiger partial charge in [-0.25, -0.2) is 4.98 Å². The zero-order valence-electron chi connectivity index (χ0n) is 16.8. The predicted octanol–water partition coefficient (Wildman–Crippen LogP) is 3.34. The van der Waals surface area contributed by atoms with E-state index in [1.807, 2.05) is 48.5 Å². The number of aromatic nitrogens is 3. The van der Waals surface area contributed by atoms with Crippen molar-refractivity contribution < 1.29 is 14.6 Å². The van der Waals surface area contributed by atoms with Crippen molar-refractivity contribution in [1.82, 2.24) is 15.2 Å². The van der Waals surface area contributed by atoms with Crippen LogP contribution in [0, 0.1) is 5.92 Å². The maximum atomic E-state index is 9.35. The van der Waals surface area contributed by atoms with Gasteiger partial charge in [0.25, 0.3) is 0 Å². The van der Waals surface area contributed by atoms with Crippen LogP contribution in [0.3, 0.4) is 0 Å². The summed E-state index contributed by atoms with van der Waals surface area (Å²) in [6, 6.07) is 15.9. The minimum absolute atomic E-state index is 0.0248. The lowest BCUT2D eigenvalue weighted by Crippen LogP contribution is -2.38. The number of nitrogens with two attached hydrogens (primary N) is 1. The van der Waals surface area contributed by atoms with Crippen LogP contribution in [-0.2, 0) is 22.6 Å². The number of benzene rings is 2. The Morgan fingerprint density at radius 3 is 2.37 bits per heavy atom. The first-order valence-corrected chi connectivity index (χ1v) is 10.9. The lowest BCUT2D eigenvalue weighted by Gasteiger charge is -2.41. The molecule has 4 N–H and O–H groups in total. The monoisotopic (exact) mass is 426 g/mol. The second-order valence-electron chi connectivity index (χ2n) is 7.37. The van der Waals surface area contributed by atoms with Crippen molar-refractivity contribution in [2.45, 2.75) is 43.7 Å². The molecule has 1 fully saturated rings. The fourth-order valence-corrected chi connectivity index (χ4v) is 4.49. The van der Waals surface area contributed by atoms with Gasteiger partial charge in [-0.15, -0.1) is 0 Å². The Morgan fingerprint density at radius 1 is 1.03 bits per heavy atom. The summed E-state index contributed by atoms with van der Waals surface area (Å²) in [6.07, 6.45) is 0.849. The smallest absolute Gasteiger partial charge is 0.184 e. The molecular weight excluding hydrogens is 400 g/mol. The lowest BCUT2D eigenvalue weighted by atomic mass is 9.91. The number of thioether (sulfide) groups is 1. The molecule has 4 rings (SSSR count). The van der Waals surface area contributed by atoms with E-state index < -0.39 is 6.29 Å². The molecule has 2 aromatic carbocycles. The topological polar surface area (TPSA) is 106 Å². The van der Waals surface area contributed by atoms with Gasteiger partial charge in [-0.2, -0.15) is 5.10 Å². The van der Waals surface area contributed by atoms with Gasteiger partial charge >= 0.3 is 0 Å². The van der Waals surface area contributed by atoms with Crippen molar-refractivity contribution in [3.05, 3.63) is 77.1 Å². The van der Waals surface area contributed by atoms with Gasteiger partial charge in [-0.1, -0.05) is 67.2 Å². The zero-order chi connectivity index (χ0) is 20.9. The van der Waals surface area contributed by atoms with Gasteiger partial charge < -0.3 is 20.3 Å². The highest BCUT2D eigenvalue weighted by Crippen LogP contribution is 2.42. The van der Waals surface area contributed by atoms with Gasteiger partial charge in [0.1, 0.15) is 6.33 Å². The van der Waals surface area contributed by atoms with Crippen LogP contribution < -0.4 is 5.73 Å². The van der Waals surface area contributed by atoms with Crippen molar-refractivity contribution >= 4 is 11.8 Å². The molecule has 158 valence electrons. The van der Waals surface area contributed by atoms with Crippen LogP contribution in [-0.4, -0.2) is 32.1 Å². The number of ether oxygens (including phenoxy) is 2. The summed E-state index contributed by atoms with van der Waals surface area (Å²) in [7, 11) is 0. The first-order chi connectivity index (χ1) is 14.7. The van der Waals surface area contributed by atoms with Crippen molar-refractivity contribution in [2.24, 2.45) is 11.7 Å². The summed E-state index contributed by atoms with van der Waals surface area (Å²) in [6.45, 7) is 2.67. The second-order valence-corrected chi connectivity index (χ2v) is 8.38. The standard InChI is InChI=1S/C22H26N4O3S/c1-14-19(12-30-22-24-13-25-26-22)28-21(18-8-2-15(10-23)3-9-18)29-20(14)17-6-4-16(11-27)5-7-17/h2-9,13-14,19-21,27H,10-12,23H2,1H3,(H,24,25,26)/t14-,19+,20+,21?/m0/s1. The molecule has 2 heterocycles. The lowest BCUT2D eigenvalue weighted by molar-refractivity contribution is -0.268. The van der Waals surface area contributed by atoms with Gasteiger partial charge in [0.2, 0.25) is 0 Å². The Hall–Kier alpha value is -2.23. The van der Waals surface area contributed by atoms with E-state index in [1.54, 1.807) is 11.8 Å². The van der Waals surface area contributed by atoms with Crippen LogP contribution in [0.15, 0.2) is 60.0 Å². The third kappa shape index (κ3) is 4.74. The van der Waals surface area contributed by atoms with Crippen molar-refractivity contribution in [3.63, 3.8) is 0 Å². The number of aromatic amines is 1. The third-order valence-electron chi connectivity index (χ3n) is 5.39. The van der Waals surface area contributed by atoms with Gasteiger partial charge in [0, 0.05) is 23.8 Å². The Bertz CT molecular complexity index is 919. The summed E-state index contributed by atoms with van der Waals surface area (Å²) in [5.74, 6) is 0.849. The molecular formula is C22H26N4O3S. The minimum Gasteiger partial charge on any atom is -0.392 e. The molecule has 4 atom stereocenters. The highest BCUT2D eigenvalue weighted by Gasteiger charge is 2.38. The number of hydrogen-bond donors (Lipinski definition) is 3. The van der Waals surface area contributed by atoms with E-state index in [0.29, 0.717) is 6.54 Å². The number of nitrogens with one attached hydrogen (secondary N) is 1. The molecule has 0 bridgehead atoms. The second kappa shape index (κ2) is 9.72. The number of nitrogens with zero attached hydrogens (tertiary/aromatic N) is 2. The summed E-state index contributed by atoms with van der Waals surface area (Å²) in [5.41, 5.74) is 9.71. The quantitative estimate of drug-likeness (QED) is 0.498. The van der Waals surface area contributed by atoms with Crippen LogP contribution in [0.5, 0.6) is 0 Å². The summed E-state index contributed by atoms with van der Waals surface area (Å²) in [5, 5.41) is 16.9. The number of rotatable bonds is 7. The van der Waals surface area contributed by atoms with Gasteiger partial charge in [-0.3, -0.25) is 5.10 Å². The van der Waals surface area contributed by atoms with E-state index >= 15 is 0 Å². The molecule has 1 unspecified atom stereocenters. The Kier molecular flexibility index (Phi) is 6.81. The summed E-state index contributed by atoms with van der Waals surface area (Å²) >= 11 is 1.58. The molecule has 1 saturated heterocycles. The molecule has 0 saturated carbocycles. The Morgan fingerprint density at radius 2 is 1.73 bits per heavy atom. The average molecular weight is 427 g/mol. The molecule has 0 radical (unpaired) electrons. The minimum atomic E-state index is -0.476. The molecule has 7 nitrogen and oxygen atoms in total. The maximum Gasteiger partial charge on any atom is 0.184 e. The van der Waals surface area contributed by atoms with E-state index in [0.717, 1.165) is 33.2 Å². The van der Waals surface area contributed by atoms with Crippen LogP contribution in [0.25, 0.3) is 0 Å². The molecule has 8 heteroatoms. The fourth-order valence-electron chi connectivity index (χ4n) is 3.55. The molecule has 0 amide bonds. The average Bonchev–Trinajstić information content (AvgIpc) is 3.32.